The van der Waals surface area contributed by atoms with Gasteiger partial charge in [0.25, 0.3) is 0 Å². The van der Waals surface area contributed by atoms with Gasteiger partial charge in [-0.2, -0.15) is 0 Å². The Morgan fingerprint density at radius 3 is 0.755 bits per heavy atom. The third-order valence-corrected chi connectivity index (χ3v) is 17.0. The van der Waals surface area contributed by atoms with Crippen molar-refractivity contribution in [1.29, 1.82) is 0 Å². The minimum absolute atomic E-state index is 0.287. The van der Waals surface area contributed by atoms with E-state index in [1.165, 1.54) is 116 Å². The number of hydrogen-bond donors (Lipinski definition) is 0. The van der Waals surface area contributed by atoms with E-state index >= 15 is 0 Å². The van der Waals surface area contributed by atoms with Crippen molar-refractivity contribution in [2.45, 2.75) is 250 Å². The van der Waals surface area contributed by atoms with Crippen LogP contribution in [0.4, 0.5) is 0 Å². The second kappa shape index (κ2) is 37.0. The molecule has 0 aliphatic heterocycles. The molecule has 0 rings (SSSR count). The van der Waals surface area contributed by atoms with Gasteiger partial charge < -0.3 is 0 Å². The number of unbranched alkanes of at least 4 members (excludes halogenated alkanes) is 27. The van der Waals surface area contributed by atoms with Gasteiger partial charge in [-0.3, -0.25) is 0 Å². The van der Waals surface area contributed by atoms with Gasteiger partial charge in [0.15, 0.2) is 0 Å². The second-order valence-corrected chi connectivity index (χ2v) is 21.7. The van der Waals surface area contributed by atoms with Gasteiger partial charge in [0.1, 0.15) is 0 Å². The third-order valence-electron chi connectivity index (χ3n) is 9.60. The van der Waals surface area contributed by atoms with E-state index in [0.29, 0.717) is 4.44 Å². The van der Waals surface area contributed by atoms with Gasteiger partial charge in [-0.25, -0.2) is 0 Å². The molecule has 0 aliphatic carbocycles. The summed E-state index contributed by atoms with van der Waals surface area (Å²) < 4.78 is 18.7. The first kappa shape index (κ1) is 48.2. The Kier molecular flexibility index (Phi) is 36.4. The van der Waals surface area contributed by atoms with Gasteiger partial charge in [0, 0.05) is 0 Å². The molecule has 0 saturated carbocycles. The molecule has 0 atom stereocenters. The molecule has 0 unspecified atom stereocenters. The van der Waals surface area contributed by atoms with E-state index in [9.17, 15) is 14.4 Å². The van der Waals surface area contributed by atoms with E-state index in [2.05, 4.69) is 27.7 Å². The Morgan fingerprint density at radius 2 is 0.510 bits per heavy atom. The molecule has 0 bridgehead atoms. The van der Waals surface area contributed by atoms with Crippen LogP contribution in [-0.4, -0.2) is 37.5 Å². The Hall–Kier alpha value is -0.791. The van der Waals surface area contributed by atoms with Crippen LogP contribution in [0.25, 0.3) is 0 Å². The summed E-state index contributed by atoms with van der Waals surface area (Å²) >= 11 is -4.84. The molecule has 6 nitrogen and oxygen atoms in total. The van der Waals surface area contributed by atoms with Crippen molar-refractivity contribution in [1.82, 2.24) is 0 Å². The molecule has 0 aromatic rings. The summed E-state index contributed by atoms with van der Waals surface area (Å²) in [7, 11) is 0. The monoisotopic (exact) mass is 803 g/mol. The summed E-state index contributed by atoms with van der Waals surface area (Å²) in [6, 6.07) is 0. The number of carbonyl (C=O) groups is 3. The number of hydrogen-bond acceptors (Lipinski definition) is 6. The summed E-state index contributed by atoms with van der Waals surface area (Å²) in [5.74, 6) is -1.08. The van der Waals surface area contributed by atoms with Crippen LogP contribution in [0.2, 0.25) is 4.44 Å². The molecule has 0 aliphatic rings. The van der Waals surface area contributed by atoms with Crippen molar-refractivity contribution in [3.63, 3.8) is 0 Å². The molecule has 7 heteroatoms. The van der Waals surface area contributed by atoms with E-state index in [0.717, 1.165) is 83.5 Å². The Labute approximate surface area is 310 Å². The average molecular weight is 802 g/mol. The van der Waals surface area contributed by atoms with E-state index in [4.69, 9.17) is 9.22 Å². The van der Waals surface area contributed by atoms with Crippen molar-refractivity contribution >= 4 is 37.5 Å². The van der Waals surface area contributed by atoms with E-state index in [1.807, 2.05) is 0 Å². The van der Waals surface area contributed by atoms with E-state index < -0.39 is 19.6 Å². The van der Waals surface area contributed by atoms with Crippen LogP contribution in [-0.2, 0) is 23.6 Å². The first-order valence-corrected chi connectivity index (χ1v) is 27.1. The van der Waals surface area contributed by atoms with Crippen LogP contribution in [0.5, 0.6) is 0 Å². The topological polar surface area (TPSA) is 78.9 Å². The fraction of sp³-hybridized carbons (Fsp3) is 0.929. The van der Waals surface area contributed by atoms with Crippen molar-refractivity contribution in [2.24, 2.45) is 0 Å². The predicted octanol–water partition coefficient (Wildman–Crippen LogP) is 13.9. The Balaban J connectivity index is 5.15. The Morgan fingerprint density at radius 1 is 0.306 bits per heavy atom. The van der Waals surface area contributed by atoms with Gasteiger partial charge >= 0.3 is 291 Å². The van der Waals surface area contributed by atoms with Crippen molar-refractivity contribution in [3.8, 4) is 0 Å². The standard InChI is InChI=1S/3C12H24O2.C6H13.Sn/c3*1-2-3-4-5-6-7-8-9-10-11-12(13)14;1-3-5-6-4-2;/h3*2-11H2,1H3,(H,13,14);1,3-6H2,2H3;/q;;;;+3/p-3. The summed E-state index contributed by atoms with van der Waals surface area (Å²) in [6.45, 7) is 8.86. The van der Waals surface area contributed by atoms with Crippen molar-refractivity contribution < 1.29 is 23.6 Å². The second-order valence-electron chi connectivity index (χ2n) is 14.7. The van der Waals surface area contributed by atoms with E-state index in [-0.39, 0.29) is 37.2 Å². The van der Waals surface area contributed by atoms with Gasteiger partial charge in [-0.1, -0.05) is 20.8 Å². The zero-order valence-electron chi connectivity index (χ0n) is 33.2. The zero-order chi connectivity index (χ0) is 36.1. The first-order valence-electron chi connectivity index (χ1n) is 21.6. The van der Waals surface area contributed by atoms with Crippen LogP contribution >= 0.6 is 0 Å². The summed E-state index contributed by atoms with van der Waals surface area (Å²) in [4.78, 5) is 39.7. The minimum Gasteiger partial charge on any atom is -0.0654 e. The van der Waals surface area contributed by atoms with Crippen LogP contribution < -0.4 is 0 Å². The molecular weight excluding hydrogens is 719 g/mol. The fourth-order valence-electron chi connectivity index (χ4n) is 6.40. The molecule has 49 heavy (non-hydrogen) atoms. The molecule has 0 fully saturated rings. The molecular formula is C42H82O6Sn. The normalized spacial score (nSPS) is 11.5. The van der Waals surface area contributed by atoms with Gasteiger partial charge in [-0.15, -0.1) is 0 Å². The summed E-state index contributed by atoms with van der Waals surface area (Å²) in [5.41, 5.74) is 0. The van der Waals surface area contributed by atoms with Gasteiger partial charge in [0.2, 0.25) is 0 Å². The molecule has 0 N–H and O–H groups in total. The fourth-order valence-corrected chi connectivity index (χ4v) is 13.4. The molecule has 290 valence electrons. The zero-order valence-corrected chi connectivity index (χ0v) is 36.1. The molecule has 0 aromatic heterocycles. The summed E-state index contributed by atoms with van der Waals surface area (Å²) in [6.07, 6.45) is 36.1. The molecule has 0 aromatic carbocycles. The van der Waals surface area contributed by atoms with Crippen LogP contribution in [0, 0.1) is 0 Å². The molecule has 0 amide bonds. The summed E-state index contributed by atoms with van der Waals surface area (Å²) in [5, 5.41) is 0. The maximum absolute atomic E-state index is 13.2. The van der Waals surface area contributed by atoms with Crippen molar-refractivity contribution in [3.05, 3.63) is 0 Å². The SMILES string of the molecule is CCCCCCCCCCCC(=O)[O][Sn]([CH2]CCCCC)([O]C(=O)CCCCCCCCCCC)[O]C(=O)CCCCCCCCCCC. The van der Waals surface area contributed by atoms with Crippen LogP contribution in [0.15, 0.2) is 0 Å². The molecule has 0 radical (unpaired) electrons. The van der Waals surface area contributed by atoms with Crippen LogP contribution in [0.3, 0.4) is 0 Å². The first-order chi connectivity index (χ1) is 23.9. The smallest absolute Gasteiger partial charge is 0.0654 e. The number of rotatable bonds is 38. The van der Waals surface area contributed by atoms with Gasteiger partial charge in [-0.05, 0) is 0 Å². The van der Waals surface area contributed by atoms with E-state index in [1.54, 1.807) is 0 Å². The minimum atomic E-state index is -4.84. The third kappa shape index (κ3) is 32.8. The number of carbonyl (C=O) groups excluding carboxylic acids is 3. The molecule has 0 heterocycles. The Bertz CT molecular complexity index is 669. The van der Waals surface area contributed by atoms with Crippen molar-refractivity contribution in [2.75, 3.05) is 0 Å². The maximum atomic E-state index is 13.2. The van der Waals surface area contributed by atoms with Crippen LogP contribution in [0.1, 0.15) is 246 Å². The molecule has 0 spiro atoms. The average Bonchev–Trinajstić information content (AvgIpc) is 3.08. The molecule has 0 saturated heterocycles. The predicted molar refractivity (Wildman–Crippen MR) is 209 cm³/mol. The van der Waals surface area contributed by atoms with Gasteiger partial charge in [0.05, 0.1) is 0 Å². The quantitative estimate of drug-likeness (QED) is 0.0457.